The number of carbonyl (C=O) groups excluding carboxylic acids is 1. The van der Waals surface area contributed by atoms with Gasteiger partial charge in [-0.25, -0.2) is 15.0 Å². The van der Waals surface area contributed by atoms with Gasteiger partial charge in [-0.15, -0.1) is 0 Å². The van der Waals surface area contributed by atoms with E-state index in [9.17, 15) is 4.79 Å². The molecule has 3 heterocycles. The number of amides is 1. The third-order valence-corrected chi connectivity index (χ3v) is 5.62. The molecule has 0 aromatic carbocycles. The molecule has 2 aliphatic rings. The quantitative estimate of drug-likeness (QED) is 0.822. The van der Waals surface area contributed by atoms with E-state index < -0.39 is 0 Å². The van der Waals surface area contributed by atoms with Crippen LogP contribution in [0, 0.1) is 0 Å². The summed E-state index contributed by atoms with van der Waals surface area (Å²) in [5.41, 5.74) is 0.649. The molecule has 1 saturated carbocycles. The monoisotopic (exact) mass is 380 g/mol. The van der Waals surface area contributed by atoms with Crippen LogP contribution in [0.3, 0.4) is 0 Å². The maximum Gasteiger partial charge on any atom is 0.255 e. The van der Waals surface area contributed by atoms with Crippen molar-refractivity contribution in [3.05, 3.63) is 42.4 Å². The van der Waals surface area contributed by atoms with Gasteiger partial charge in [0.2, 0.25) is 5.95 Å². The molecule has 0 bridgehead atoms. The van der Waals surface area contributed by atoms with Crippen molar-refractivity contribution in [2.45, 2.75) is 44.6 Å². The van der Waals surface area contributed by atoms with Crippen LogP contribution in [-0.4, -0.2) is 58.0 Å². The van der Waals surface area contributed by atoms with Crippen LogP contribution in [0.25, 0.3) is 0 Å². The Morgan fingerprint density at radius 2 is 1.64 bits per heavy atom. The summed E-state index contributed by atoms with van der Waals surface area (Å²) in [6, 6.07) is 6.14. The maximum absolute atomic E-state index is 12.8. The van der Waals surface area contributed by atoms with E-state index in [4.69, 9.17) is 0 Å². The van der Waals surface area contributed by atoms with Crippen molar-refractivity contribution in [3.63, 3.8) is 0 Å². The molecule has 7 nitrogen and oxygen atoms in total. The molecule has 148 valence electrons. The van der Waals surface area contributed by atoms with Gasteiger partial charge in [-0.05, 0) is 31.0 Å². The lowest BCUT2D eigenvalue weighted by Crippen LogP contribution is -2.49. The number of pyridine rings is 1. The number of nitrogens with zero attached hydrogens (tertiary/aromatic N) is 5. The molecule has 1 aliphatic heterocycles. The molecule has 1 N–H and O–H groups in total. The van der Waals surface area contributed by atoms with Gasteiger partial charge in [0.1, 0.15) is 5.82 Å². The maximum atomic E-state index is 12.8. The number of hydrogen-bond acceptors (Lipinski definition) is 6. The Hall–Kier alpha value is -2.70. The minimum absolute atomic E-state index is 0.0437. The summed E-state index contributed by atoms with van der Waals surface area (Å²) in [5.74, 6) is 1.64. The van der Waals surface area contributed by atoms with E-state index in [1.165, 1.54) is 38.5 Å². The van der Waals surface area contributed by atoms with Crippen molar-refractivity contribution in [1.29, 1.82) is 0 Å². The zero-order chi connectivity index (χ0) is 19.2. The largest absolute Gasteiger partial charge is 0.367 e. The zero-order valence-corrected chi connectivity index (χ0v) is 16.3. The lowest BCUT2D eigenvalue weighted by molar-refractivity contribution is 0.0746. The van der Waals surface area contributed by atoms with E-state index in [1.54, 1.807) is 18.6 Å². The second kappa shape index (κ2) is 8.99. The highest BCUT2D eigenvalue weighted by atomic mass is 16.2. The van der Waals surface area contributed by atoms with Crippen LogP contribution in [0.5, 0.6) is 0 Å². The highest BCUT2D eigenvalue weighted by Crippen LogP contribution is 2.20. The van der Waals surface area contributed by atoms with Gasteiger partial charge in [-0.2, -0.15) is 0 Å². The number of piperazine rings is 1. The number of anilines is 2. The fourth-order valence-electron chi connectivity index (χ4n) is 3.99. The molecule has 0 radical (unpaired) electrons. The van der Waals surface area contributed by atoms with Crippen molar-refractivity contribution < 1.29 is 4.79 Å². The summed E-state index contributed by atoms with van der Waals surface area (Å²) in [6.45, 7) is 2.81. The van der Waals surface area contributed by atoms with Crippen molar-refractivity contribution in [2.24, 2.45) is 0 Å². The fraction of sp³-hybridized carbons (Fsp3) is 0.524. The first-order chi connectivity index (χ1) is 13.8. The third kappa shape index (κ3) is 4.58. The van der Waals surface area contributed by atoms with Gasteiger partial charge in [-0.1, -0.05) is 25.7 Å². The van der Waals surface area contributed by atoms with Gasteiger partial charge in [0.25, 0.3) is 5.91 Å². The number of aromatic nitrogens is 3. The smallest absolute Gasteiger partial charge is 0.255 e. The second-order valence-corrected chi connectivity index (χ2v) is 7.59. The first kappa shape index (κ1) is 18.7. The third-order valence-electron chi connectivity index (χ3n) is 5.62. The summed E-state index contributed by atoms with van der Waals surface area (Å²) in [4.78, 5) is 29.9. The van der Waals surface area contributed by atoms with Gasteiger partial charge < -0.3 is 15.1 Å². The van der Waals surface area contributed by atoms with Crippen molar-refractivity contribution in [2.75, 3.05) is 36.4 Å². The molecule has 1 aliphatic carbocycles. The SMILES string of the molecule is O=C(c1ccc(NC2CCCCCC2)nc1)N1CCN(c2ncccn2)CC1. The summed E-state index contributed by atoms with van der Waals surface area (Å²) in [7, 11) is 0. The minimum atomic E-state index is 0.0437. The van der Waals surface area contributed by atoms with Crippen LogP contribution < -0.4 is 10.2 Å². The average Bonchev–Trinajstić information content (AvgIpc) is 3.03. The average molecular weight is 380 g/mol. The van der Waals surface area contributed by atoms with E-state index >= 15 is 0 Å². The fourth-order valence-corrected chi connectivity index (χ4v) is 3.99. The highest BCUT2D eigenvalue weighted by molar-refractivity contribution is 5.94. The Morgan fingerprint density at radius 1 is 0.929 bits per heavy atom. The van der Waals surface area contributed by atoms with Crippen molar-refractivity contribution in [3.8, 4) is 0 Å². The number of carbonyl (C=O) groups is 1. The zero-order valence-electron chi connectivity index (χ0n) is 16.3. The molecule has 2 aromatic heterocycles. The van der Waals surface area contributed by atoms with Crippen molar-refractivity contribution in [1.82, 2.24) is 19.9 Å². The number of nitrogens with one attached hydrogen (secondary N) is 1. The molecular weight excluding hydrogens is 352 g/mol. The van der Waals surface area contributed by atoms with Crippen LogP contribution >= 0.6 is 0 Å². The van der Waals surface area contributed by atoms with Crippen LogP contribution in [0.2, 0.25) is 0 Å². The Labute approximate surface area is 166 Å². The normalized spacial score (nSPS) is 18.6. The van der Waals surface area contributed by atoms with E-state index in [1.807, 2.05) is 23.1 Å². The van der Waals surface area contributed by atoms with E-state index in [2.05, 4.69) is 25.2 Å². The molecule has 28 heavy (non-hydrogen) atoms. The van der Waals surface area contributed by atoms with Gasteiger partial charge in [0, 0.05) is 50.8 Å². The molecule has 0 spiro atoms. The lowest BCUT2D eigenvalue weighted by atomic mass is 10.1. The summed E-state index contributed by atoms with van der Waals surface area (Å²) in [5, 5.41) is 3.53. The molecule has 1 saturated heterocycles. The summed E-state index contributed by atoms with van der Waals surface area (Å²) < 4.78 is 0. The predicted molar refractivity (Wildman–Crippen MR) is 109 cm³/mol. The van der Waals surface area contributed by atoms with E-state index in [-0.39, 0.29) is 5.91 Å². The Kier molecular flexibility index (Phi) is 5.99. The van der Waals surface area contributed by atoms with Crippen molar-refractivity contribution >= 4 is 17.7 Å². The molecule has 2 fully saturated rings. The summed E-state index contributed by atoms with van der Waals surface area (Å²) >= 11 is 0. The Balaban J connectivity index is 1.31. The number of rotatable bonds is 4. The molecule has 0 atom stereocenters. The van der Waals surface area contributed by atoms with E-state index in [0.29, 0.717) is 24.7 Å². The standard InChI is InChI=1S/C21H28N6O/c28-20(26-12-14-27(15-13-26)21-22-10-5-11-23-21)17-8-9-19(24-16-17)25-18-6-3-1-2-4-7-18/h5,8-11,16,18H,1-4,6-7,12-15H2,(H,24,25). The van der Waals surface area contributed by atoms with Gasteiger partial charge in [0.05, 0.1) is 5.56 Å². The molecule has 7 heteroatoms. The van der Waals surface area contributed by atoms with Gasteiger partial charge in [-0.3, -0.25) is 4.79 Å². The van der Waals surface area contributed by atoms with Crippen LogP contribution in [-0.2, 0) is 0 Å². The van der Waals surface area contributed by atoms with Crippen LogP contribution in [0.1, 0.15) is 48.9 Å². The first-order valence-electron chi connectivity index (χ1n) is 10.3. The molecule has 1 amide bonds. The first-order valence-corrected chi connectivity index (χ1v) is 10.3. The lowest BCUT2D eigenvalue weighted by Gasteiger charge is -2.34. The topological polar surface area (TPSA) is 74.2 Å². The predicted octanol–water partition coefficient (Wildman–Crippen LogP) is 2.97. The molecule has 2 aromatic rings. The molecule has 0 unspecified atom stereocenters. The highest BCUT2D eigenvalue weighted by Gasteiger charge is 2.23. The Morgan fingerprint density at radius 3 is 2.29 bits per heavy atom. The van der Waals surface area contributed by atoms with E-state index in [0.717, 1.165) is 24.9 Å². The second-order valence-electron chi connectivity index (χ2n) is 7.59. The molecule has 4 rings (SSSR count). The minimum Gasteiger partial charge on any atom is -0.367 e. The van der Waals surface area contributed by atoms with Gasteiger partial charge >= 0.3 is 0 Å². The van der Waals surface area contributed by atoms with Crippen LogP contribution in [0.4, 0.5) is 11.8 Å². The Bertz CT molecular complexity index is 750. The van der Waals surface area contributed by atoms with Crippen LogP contribution in [0.15, 0.2) is 36.8 Å². The number of hydrogen-bond donors (Lipinski definition) is 1. The summed E-state index contributed by atoms with van der Waals surface area (Å²) in [6.07, 6.45) is 12.9. The molecular formula is C21H28N6O. The van der Waals surface area contributed by atoms with Gasteiger partial charge in [0.15, 0.2) is 0 Å².